The number of hydrogen-bond donors (Lipinski definition) is 2. The number of carboxylic acid groups (broad SMARTS) is 1. The molecular weight excluding hydrogens is 217 g/mol. The summed E-state index contributed by atoms with van der Waals surface area (Å²) in [6, 6.07) is 0. The smallest absolute Gasteiger partial charge is 0.300 e. The van der Waals surface area contributed by atoms with Crippen LogP contribution >= 0.6 is 0 Å². The number of unbranched alkanes of at least 4 members (excludes halogenated alkanes) is 1. The van der Waals surface area contributed by atoms with Gasteiger partial charge in [-0.1, -0.05) is 19.8 Å². The number of rotatable bonds is 11. The molecule has 0 aliphatic rings. The maximum atomic E-state index is 11.1. The van der Waals surface area contributed by atoms with Crippen LogP contribution < -0.4 is 5.32 Å². The third kappa shape index (κ3) is 7.39. The maximum Gasteiger partial charge on any atom is 0.300 e. The molecule has 0 spiro atoms. The largest absolute Gasteiger partial charge is 0.481 e. The third-order valence-electron chi connectivity index (χ3n) is 2.86. The molecular formula is C12H24BNO3. The average molecular weight is 241 g/mol. The first kappa shape index (κ1) is 16.5. The van der Waals surface area contributed by atoms with E-state index in [2.05, 4.69) is 5.32 Å². The van der Waals surface area contributed by atoms with Crippen LogP contribution in [0.25, 0.3) is 0 Å². The van der Waals surface area contributed by atoms with Crippen LogP contribution in [0.5, 0.6) is 0 Å². The number of aliphatic carboxylic acids is 1. The quantitative estimate of drug-likeness (QED) is 0.426. The molecule has 0 bridgehead atoms. The van der Waals surface area contributed by atoms with Crippen LogP contribution in [0.2, 0.25) is 5.31 Å². The molecule has 2 N–H and O–H groups in total. The summed E-state index contributed by atoms with van der Waals surface area (Å²) in [4.78, 5) is 11.1. The van der Waals surface area contributed by atoms with E-state index < -0.39 is 11.3 Å². The Morgan fingerprint density at radius 2 is 2.00 bits per heavy atom. The van der Waals surface area contributed by atoms with Gasteiger partial charge in [0.1, 0.15) is 0 Å². The summed E-state index contributed by atoms with van der Waals surface area (Å²) in [6.07, 6.45) is 3.67. The van der Waals surface area contributed by atoms with Gasteiger partial charge in [0.15, 0.2) is 0 Å². The Labute approximate surface area is 106 Å². The normalized spacial score (nSPS) is 14.5. The number of ether oxygens (including phenoxy) is 1. The van der Waals surface area contributed by atoms with Crippen molar-refractivity contribution in [3.63, 3.8) is 0 Å². The Morgan fingerprint density at radius 1 is 1.35 bits per heavy atom. The summed E-state index contributed by atoms with van der Waals surface area (Å²) in [5.41, 5.74) is 0. The van der Waals surface area contributed by atoms with Gasteiger partial charge in [-0.15, -0.1) is 0 Å². The Balaban J connectivity index is 3.81. The highest BCUT2D eigenvalue weighted by molar-refractivity contribution is 6.26. The maximum absolute atomic E-state index is 11.1. The van der Waals surface area contributed by atoms with E-state index in [0.29, 0.717) is 19.4 Å². The van der Waals surface area contributed by atoms with Crippen LogP contribution in [0.3, 0.4) is 0 Å². The standard InChI is InChI=1S/C12H24BNO3/c1-3-4-6-12(13,11(15)16)7-5-8-14-9-10-17-2/h14H,3-10H2,1-2H3,(H,15,16). The van der Waals surface area contributed by atoms with E-state index in [-0.39, 0.29) is 0 Å². The zero-order valence-corrected chi connectivity index (χ0v) is 11.0. The van der Waals surface area contributed by atoms with Crippen LogP contribution in [0.1, 0.15) is 39.0 Å². The Bertz CT molecular complexity index is 214. The Morgan fingerprint density at radius 3 is 2.53 bits per heavy atom. The fourth-order valence-electron chi connectivity index (χ4n) is 1.66. The summed E-state index contributed by atoms with van der Waals surface area (Å²) in [5, 5.41) is 11.3. The molecule has 0 rings (SSSR count). The lowest BCUT2D eigenvalue weighted by Crippen LogP contribution is -2.27. The number of carbonyl (C=O) groups is 1. The van der Waals surface area contributed by atoms with Gasteiger partial charge in [0, 0.05) is 19.0 Å². The second-order valence-corrected chi connectivity index (χ2v) is 4.41. The molecule has 0 saturated heterocycles. The number of hydrogen-bond acceptors (Lipinski definition) is 3. The van der Waals surface area contributed by atoms with Gasteiger partial charge in [-0.2, -0.15) is 0 Å². The van der Waals surface area contributed by atoms with E-state index in [1.54, 1.807) is 7.11 Å². The molecule has 0 aromatic rings. The minimum Gasteiger partial charge on any atom is -0.481 e. The van der Waals surface area contributed by atoms with Crippen molar-refractivity contribution in [3.8, 4) is 0 Å². The van der Waals surface area contributed by atoms with Crippen LogP contribution in [0.15, 0.2) is 0 Å². The second-order valence-electron chi connectivity index (χ2n) is 4.41. The van der Waals surface area contributed by atoms with E-state index in [0.717, 1.165) is 32.4 Å². The van der Waals surface area contributed by atoms with Gasteiger partial charge in [-0.25, -0.2) is 0 Å². The van der Waals surface area contributed by atoms with Crippen LogP contribution in [-0.4, -0.2) is 45.7 Å². The molecule has 98 valence electrons. The summed E-state index contributed by atoms with van der Waals surface area (Å²) >= 11 is 0. The summed E-state index contributed by atoms with van der Waals surface area (Å²) in [7, 11) is 7.57. The molecule has 0 aliphatic carbocycles. The van der Waals surface area contributed by atoms with Crippen molar-refractivity contribution in [1.29, 1.82) is 0 Å². The zero-order valence-electron chi connectivity index (χ0n) is 11.0. The van der Waals surface area contributed by atoms with Gasteiger partial charge in [0.05, 0.1) is 14.5 Å². The molecule has 0 saturated carbocycles. The Hall–Kier alpha value is -0.545. The first-order valence-electron chi connectivity index (χ1n) is 6.28. The Kier molecular flexibility index (Phi) is 9.18. The van der Waals surface area contributed by atoms with Crippen molar-refractivity contribution < 1.29 is 14.6 Å². The summed E-state index contributed by atoms with van der Waals surface area (Å²) in [6.45, 7) is 4.27. The molecule has 4 nitrogen and oxygen atoms in total. The first-order chi connectivity index (χ1) is 8.06. The van der Waals surface area contributed by atoms with Crippen molar-refractivity contribution in [2.45, 2.75) is 44.3 Å². The van der Waals surface area contributed by atoms with Crippen molar-refractivity contribution >= 4 is 13.8 Å². The molecule has 0 fully saturated rings. The molecule has 1 atom stereocenters. The van der Waals surface area contributed by atoms with Gasteiger partial charge in [0.2, 0.25) is 0 Å². The fraction of sp³-hybridized carbons (Fsp3) is 0.917. The minimum absolute atomic E-state index is 0.516. The topological polar surface area (TPSA) is 58.6 Å². The third-order valence-corrected chi connectivity index (χ3v) is 2.86. The molecule has 17 heavy (non-hydrogen) atoms. The fourth-order valence-corrected chi connectivity index (χ4v) is 1.66. The molecule has 0 aromatic heterocycles. The highest BCUT2D eigenvalue weighted by Crippen LogP contribution is 2.34. The van der Waals surface area contributed by atoms with Crippen molar-refractivity contribution in [3.05, 3.63) is 0 Å². The molecule has 5 heteroatoms. The monoisotopic (exact) mass is 241 g/mol. The minimum atomic E-state index is -1.06. The van der Waals surface area contributed by atoms with Crippen LogP contribution in [0, 0.1) is 0 Å². The second kappa shape index (κ2) is 9.48. The molecule has 0 aromatic carbocycles. The van der Waals surface area contributed by atoms with Gasteiger partial charge < -0.3 is 15.2 Å². The van der Waals surface area contributed by atoms with Gasteiger partial charge in [-0.3, -0.25) is 4.79 Å². The lowest BCUT2D eigenvalue weighted by molar-refractivity contribution is -0.141. The highest BCUT2D eigenvalue weighted by Gasteiger charge is 2.30. The predicted octanol–water partition coefficient (Wildman–Crippen LogP) is 1.60. The summed E-state index contributed by atoms with van der Waals surface area (Å²) in [5.74, 6) is -0.886. The zero-order chi connectivity index (χ0) is 13.1. The van der Waals surface area contributed by atoms with Crippen LogP contribution in [-0.2, 0) is 9.53 Å². The van der Waals surface area contributed by atoms with Crippen molar-refractivity contribution in [1.82, 2.24) is 5.32 Å². The molecule has 0 amide bonds. The number of carboxylic acids is 1. The molecule has 2 radical (unpaired) electrons. The molecule has 0 heterocycles. The van der Waals surface area contributed by atoms with E-state index >= 15 is 0 Å². The van der Waals surface area contributed by atoms with E-state index in [1.165, 1.54) is 0 Å². The van der Waals surface area contributed by atoms with Crippen molar-refractivity contribution in [2.24, 2.45) is 0 Å². The van der Waals surface area contributed by atoms with Crippen LogP contribution in [0.4, 0.5) is 0 Å². The lowest BCUT2D eigenvalue weighted by Gasteiger charge is -2.25. The number of nitrogens with one attached hydrogen (secondary N) is 1. The predicted molar refractivity (Wildman–Crippen MR) is 69.6 cm³/mol. The van der Waals surface area contributed by atoms with Gasteiger partial charge >= 0.3 is 5.97 Å². The van der Waals surface area contributed by atoms with E-state index in [4.69, 9.17) is 17.7 Å². The number of methoxy groups -OCH3 is 1. The van der Waals surface area contributed by atoms with E-state index in [9.17, 15) is 4.79 Å². The van der Waals surface area contributed by atoms with E-state index in [1.807, 2.05) is 6.92 Å². The van der Waals surface area contributed by atoms with Gasteiger partial charge in [0.25, 0.3) is 0 Å². The lowest BCUT2D eigenvalue weighted by atomic mass is 9.63. The molecule has 0 aliphatic heterocycles. The average Bonchev–Trinajstić information content (AvgIpc) is 2.31. The SMILES string of the molecule is [B]C(CCCC)(CCCNCCOC)C(=O)O. The molecule has 1 unspecified atom stereocenters. The first-order valence-corrected chi connectivity index (χ1v) is 6.28. The van der Waals surface area contributed by atoms with Crippen molar-refractivity contribution in [2.75, 3.05) is 26.8 Å². The van der Waals surface area contributed by atoms with Gasteiger partial charge in [-0.05, 0) is 25.8 Å². The summed E-state index contributed by atoms with van der Waals surface area (Å²) < 4.78 is 4.90. The highest BCUT2D eigenvalue weighted by atomic mass is 16.5.